The monoisotopic (exact) mass is 342 g/mol. The molecule has 0 aromatic heterocycles. The minimum absolute atomic E-state index is 0.00737. The smallest absolute Gasteiger partial charge is 0.244 e. The minimum Gasteiger partial charge on any atom is -0.495 e. The molecule has 0 heterocycles. The van der Waals surface area contributed by atoms with E-state index in [1.807, 2.05) is 13.8 Å². The fourth-order valence-corrected chi connectivity index (χ4v) is 3.67. The van der Waals surface area contributed by atoms with E-state index < -0.39 is 16.1 Å². The number of methoxy groups -OCH3 is 1. The molecule has 1 rings (SSSR count). The predicted molar refractivity (Wildman–Crippen MR) is 90.0 cm³/mol. The lowest BCUT2D eigenvalue weighted by molar-refractivity contribution is -0.123. The summed E-state index contributed by atoms with van der Waals surface area (Å²) in [4.78, 5) is 12.1. The second kappa shape index (κ2) is 8.31. The Morgan fingerprint density at radius 2 is 1.96 bits per heavy atom. The van der Waals surface area contributed by atoms with Gasteiger partial charge in [-0.05, 0) is 44.9 Å². The number of amides is 1. The molecule has 2 atom stereocenters. The average molecular weight is 342 g/mol. The van der Waals surface area contributed by atoms with Crippen molar-refractivity contribution in [2.24, 2.45) is 0 Å². The second-order valence-corrected chi connectivity index (χ2v) is 7.38. The lowest BCUT2D eigenvalue weighted by Gasteiger charge is -2.19. The van der Waals surface area contributed by atoms with Crippen LogP contribution in [0.4, 0.5) is 0 Å². The quantitative estimate of drug-likeness (QED) is 0.756. The van der Waals surface area contributed by atoms with Crippen LogP contribution in [0.25, 0.3) is 0 Å². The van der Waals surface area contributed by atoms with Crippen molar-refractivity contribution in [1.29, 1.82) is 0 Å². The normalized spacial score (nSPS) is 14.1. The van der Waals surface area contributed by atoms with Gasteiger partial charge in [0.2, 0.25) is 15.9 Å². The number of hydrogen-bond acceptors (Lipinski definition) is 4. The van der Waals surface area contributed by atoms with E-state index in [0.29, 0.717) is 0 Å². The number of nitrogens with one attached hydrogen (secondary N) is 2. The molecule has 0 bridgehead atoms. The summed E-state index contributed by atoms with van der Waals surface area (Å²) in [5.41, 5.74) is 0.792. The van der Waals surface area contributed by atoms with E-state index in [9.17, 15) is 13.2 Å². The van der Waals surface area contributed by atoms with Crippen molar-refractivity contribution in [3.63, 3.8) is 0 Å². The molecule has 0 aliphatic rings. The van der Waals surface area contributed by atoms with E-state index in [4.69, 9.17) is 4.74 Å². The Hall–Kier alpha value is -1.60. The van der Waals surface area contributed by atoms with Crippen LogP contribution in [0.1, 0.15) is 39.2 Å². The summed E-state index contributed by atoms with van der Waals surface area (Å²) in [7, 11) is -2.44. The van der Waals surface area contributed by atoms with Gasteiger partial charge in [0, 0.05) is 6.04 Å². The molecule has 0 radical (unpaired) electrons. The van der Waals surface area contributed by atoms with Crippen LogP contribution in [0.15, 0.2) is 23.1 Å². The Bertz CT molecular complexity index is 643. The Morgan fingerprint density at radius 3 is 2.52 bits per heavy atom. The molecule has 0 aliphatic heterocycles. The maximum Gasteiger partial charge on any atom is 0.244 e. The highest BCUT2D eigenvalue weighted by Gasteiger charge is 2.25. The fraction of sp³-hybridized carbons (Fsp3) is 0.562. The van der Waals surface area contributed by atoms with Gasteiger partial charge in [0.25, 0.3) is 0 Å². The second-order valence-electron chi connectivity index (χ2n) is 5.70. The highest BCUT2D eigenvalue weighted by molar-refractivity contribution is 7.89. The van der Waals surface area contributed by atoms with Crippen LogP contribution in [0, 0.1) is 6.92 Å². The largest absolute Gasteiger partial charge is 0.495 e. The van der Waals surface area contributed by atoms with Crippen LogP contribution in [-0.4, -0.2) is 33.5 Å². The van der Waals surface area contributed by atoms with E-state index >= 15 is 0 Å². The molecular formula is C16H26N2O4S. The van der Waals surface area contributed by atoms with Crippen molar-refractivity contribution in [1.82, 2.24) is 10.0 Å². The molecule has 0 saturated heterocycles. The van der Waals surface area contributed by atoms with Crippen LogP contribution >= 0.6 is 0 Å². The first-order valence-corrected chi connectivity index (χ1v) is 9.17. The molecule has 130 valence electrons. The standard InChI is InChI=1S/C16H26N2O4S/c1-6-7-12(3)17-16(19)13(4)18-23(20,21)15-10-11(2)8-9-14(15)22-5/h8-10,12-13,18H,6-7H2,1-5H3,(H,17,19)/t12-,13-/m0/s1. The lowest BCUT2D eigenvalue weighted by Crippen LogP contribution is -2.47. The maximum atomic E-state index is 12.5. The third kappa shape index (κ3) is 5.51. The number of carbonyl (C=O) groups is 1. The zero-order valence-electron chi connectivity index (χ0n) is 14.3. The van der Waals surface area contributed by atoms with Crippen LogP contribution in [-0.2, 0) is 14.8 Å². The summed E-state index contributed by atoms with van der Waals surface area (Å²) in [6.45, 7) is 7.24. The van der Waals surface area contributed by atoms with E-state index in [1.165, 1.54) is 20.1 Å². The molecule has 23 heavy (non-hydrogen) atoms. The molecule has 2 N–H and O–H groups in total. The highest BCUT2D eigenvalue weighted by atomic mass is 32.2. The first kappa shape index (κ1) is 19.4. The van der Waals surface area contributed by atoms with E-state index in [1.54, 1.807) is 19.1 Å². The van der Waals surface area contributed by atoms with Gasteiger partial charge in [0.05, 0.1) is 13.2 Å². The van der Waals surface area contributed by atoms with Gasteiger partial charge in [-0.1, -0.05) is 19.4 Å². The summed E-state index contributed by atoms with van der Waals surface area (Å²) in [6, 6.07) is 4.02. The molecule has 0 aliphatic carbocycles. The SMILES string of the molecule is CCC[C@H](C)NC(=O)[C@H](C)NS(=O)(=O)c1cc(C)ccc1OC. The number of rotatable bonds is 8. The van der Waals surface area contributed by atoms with E-state index in [2.05, 4.69) is 10.0 Å². The molecule has 0 fully saturated rings. The van der Waals surface area contributed by atoms with Crippen LogP contribution < -0.4 is 14.8 Å². The van der Waals surface area contributed by atoms with E-state index in [-0.39, 0.29) is 22.6 Å². The maximum absolute atomic E-state index is 12.5. The fourth-order valence-electron chi connectivity index (χ4n) is 2.22. The van der Waals surface area contributed by atoms with Gasteiger partial charge < -0.3 is 10.1 Å². The highest BCUT2D eigenvalue weighted by Crippen LogP contribution is 2.24. The van der Waals surface area contributed by atoms with Crippen molar-refractivity contribution in [3.05, 3.63) is 23.8 Å². The third-order valence-corrected chi connectivity index (χ3v) is 5.01. The molecule has 0 spiro atoms. The predicted octanol–water partition coefficient (Wildman–Crippen LogP) is 1.98. The van der Waals surface area contributed by atoms with Crippen LogP contribution in [0.2, 0.25) is 0 Å². The number of carbonyl (C=O) groups excluding carboxylic acids is 1. The number of ether oxygens (including phenoxy) is 1. The zero-order chi connectivity index (χ0) is 17.6. The van der Waals surface area contributed by atoms with Crippen LogP contribution in [0.5, 0.6) is 5.75 Å². The molecule has 7 heteroatoms. The first-order valence-electron chi connectivity index (χ1n) is 7.68. The summed E-state index contributed by atoms with van der Waals surface area (Å²) < 4.78 is 32.5. The van der Waals surface area contributed by atoms with Crippen LogP contribution in [0.3, 0.4) is 0 Å². The number of sulfonamides is 1. The molecular weight excluding hydrogens is 316 g/mol. The van der Waals surface area contributed by atoms with E-state index in [0.717, 1.165) is 18.4 Å². The molecule has 6 nitrogen and oxygen atoms in total. The molecule has 1 amide bonds. The molecule has 1 aromatic carbocycles. The summed E-state index contributed by atoms with van der Waals surface area (Å²) in [5.74, 6) is -0.101. The Kier molecular flexibility index (Phi) is 7.02. The first-order chi connectivity index (χ1) is 10.7. The average Bonchev–Trinajstić information content (AvgIpc) is 2.46. The number of benzene rings is 1. The Balaban J connectivity index is 2.90. The van der Waals surface area contributed by atoms with Gasteiger partial charge in [-0.3, -0.25) is 4.79 Å². The van der Waals surface area contributed by atoms with Crippen molar-refractivity contribution in [3.8, 4) is 5.75 Å². The summed E-state index contributed by atoms with van der Waals surface area (Å²) in [6.07, 6.45) is 1.79. The Labute approximate surface area is 138 Å². The molecule has 0 saturated carbocycles. The van der Waals surface area contributed by atoms with Gasteiger partial charge in [-0.15, -0.1) is 0 Å². The van der Waals surface area contributed by atoms with Gasteiger partial charge in [-0.2, -0.15) is 4.72 Å². The Morgan fingerprint density at radius 1 is 1.30 bits per heavy atom. The third-order valence-electron chi connectivity index (χ3n) is 3.44. The lowest BCUT2D eigenvalue weighted by atomic mass is 10.2. The molecule has 0 unspecified atom stereocenters. The van der Waals surface area contributed by atoms with Crippen molar-refractivity contribution >= 4 is 15.9 Å². The summed E-state index contributed by atoms with van der Waals surface area (Å²) in [5, 5.41) is 2.80. The summed E-state index contributed by atoms with van der Waals surface area (Å²) >= 11 is 0. The van der Waals surface area contributed by atoms with Gasteiger partial charge in [0.1, 0.15) is 10.6 Å². The zero-order valence-corrected chi connectivity index (χ0v) is 15.2. The molecule has 1 aromatic rings. The number of aryl methyl sites for hydroxylation is 1. The van der Waals surface area contributed by atoms with Gasteiger partial charge >= 0.3 is 0 Å². The topological polar surface area (TPSA) is 84.5 Å². The van der Waals surface area contributed by atoms with Gasteiger partial charge in [-0.25, -0.2) is 8.42 Å². The van der Waals surface area contributed by atoms with Crippen molar-refractivity contribution in [2.75, 3.05) is 7.11 Å². The van der Waals surface area contributed by atoms with Crippen molar-refractivity contribution in [2.45, 2.75) is 57.5 Å². The minimum atomic E-state index is -3.85. The number of hydrogen-bond donors (Lipinski definition) is 2. The van der Waals surface area contributed by atoms with Crippen molar-refractivity contribution < 1.29 is 17.9 Å². The van der Waals surface area contributed by atoms with Gasteiger partial charge in [0.15, 0.2) is 0 Å².